The van der Waals surface area contributed by atoms with Crippen LogP contribution in [0.15, 0.2) is 5.51 Å². The molecule has 92 valence electrons. The van der Waals surface area contributed by atoms with Crippen molar-refractivity contribution in [2.24, 2.45) is 0 Å². The summed E-state index contributed by atoms with van der Waals surface area (Å²) in [5.41, 5.74) is 3.14. The minimum absolute atomic E-state index is 0. The lowest BCUT2D eigenvalue weighted by molar-refractivity contribution is 0.132. The molecule has 0 radical (unpaired) electrons. The summed E-state index contributed by atoms with van der Waals surface area (Å²) in [5, 5.41) is 3.50. The zero-order valence-electron chi connectivity index (χ0n) is 10.1. The van der Waals surface area contributed by atoms with Gasteiger partial charge in [0.1, 0.15) is 0 Å². The summed E-state index contributed by atoms with van der Waals surface area (Å²) in [6.07, 6.45) is 0. The summed E-state index contributed by atoms with van der Waals surface area (Å²) in [7, 11) is 0. The van der Waals surface area contributed by atoms with Crippen LogP contribution in [0.1, 0.15) is 24.4 Å². The van der Waals surface area contributed by atoms with Gasteiger partial charge in [-0.2, -0.15) is 0 Å². The Morgan fingerprint density at radius 1 is 1.56 bits per heavy atom. The van der Waals surface area contributed by atoms with Crippen LogP contribution in [-0.2, 0) is 6.54 Å². The molecule has 0 saturated carbocycles. The first kappa shape index (κ1) is 13.9. The predicted octanol–water partition coefficient (Wildman–Crippen LogP) is 2.06. The lowest BCUT2D eigenvalue weighted by Gasteiger charge is -2.38. The lowest BCUT2D eigenvalue weighted by Crippen LogP contribution is -2.54. The Kier molecular flexibility index (Phi) is 5.18. The maximum atomic E-state index is 4.30. The van der Waals surface area contributed by atoms with Crippen molar-refractivity contribution in [2.45, 2.75) is 39.4 Å². The molecule has 0 amide bonds. The van der Waals surface area contributed by atoms with E-state index in [1.54, 1.807) is 11.3 Å². The van der Waals surface area contributed by atoms with Gasteiger partial charge in [-0.25, -0.2) is 4.98 Å². The van der Waals surface area contributed by atoms with Crippen LogP contribution in [0.5, 0.6) is 0 Å². The van der Waals surface area contributed by atoms with Crippen molar-refractivity contribution < 1.29 is 0 Å². The Hall–Kier alpha value is -0.160. The summed E-state index contributed by atoms with van der Waals surface area (Å²) in [6.45, 7) is 9.96. The van der Waals surface area contributed by atoms with Crippen LogP contribution in [0.25, 0.3) is 0 Å². The number of nitrogens with one attached hydrogen (secondary N) is 1. The molecular formula is C11H20ClN3S. The quantitative estimate of drug-likeness (QED) is 0.883. The van der Waals surface area contributed by atoms with E-state index in [2.05, 4.69) is 36.0 Å². The number of piperazine rings is 1. The van der Waals surface area contributed by atoms with Gasteiger partial charge in [0, 0.05) is 36.6 Å². The SMILES string of the molecule is Cc1ncsc1CN1CCNC(C)C1C.Cl. The molecular weight excluding hydrogens is 242 g/mol. The maximum absolute atomic E-state index is 4.30. The number of thiazole rings is 1. The zero-order valence-corrected chi connectivity index (χ0v) is 11.7. The largest absolute Gasteiger partial charge is 0.311 e. The van der Waals surface area contributed by atoms with Crippen molar-refractivity contribution >= 4 is 23.7 Å². The van der Waals surface area contributed by atoms with Gasteiger partial charge in [-0.15, -0.1) is 23.7 Å². The van der Waals surface area contributed by atoms with Crippen molar-refractivity contribution in [3.05, 3.63) is 16.1 Å². The Morgan fingerprint density at radius 3 is 2.94 bits per heavy atom. The fourth-order valence-corrected chi connectivity index (χ4v) is 2.81. The molecule has 1 aliphatic rings. The van der Waals surface area contributed by atoms with E-state index in [9.17, 15) is 0 Å². The highest BCUT2D eigenvalue weighted by atomic mass is 35.5. The summed E-state index contributed by atoms with van der Waals surface area (Å²) in [6, 6.07) is 1.20. The van der Waals surface area contributed by atoms with Gasteiger partial charge >= 0.3 is 0 Å². The maximum Gasteiger partial charge on any atom is 0.0798 e. The molecule has 0 spiro atoms. The molecule has 2 unspecified atom stereocenters. The van der Waals surface area contributed by atoms with Crippen LogP contribution >= 0.6 is 23.7 Å². The number of aryl methyl sites for hydroxylation is 1. The van der Waals surface area contributed by atoms with Gasteiger partial charge in [0.2, 0.25) is 0 Å². The minimum Gasteiger partial charge on any atom is -0.311 e. The lowest BCUT2D eigenvalue weighted by atomic mass is 10.1. The molecule has 2 rings (SSSR count). The third-order valence-corrected chi connectivity index (χ3v) is 4.28. The average molecular weight is 262 g/mol. The van der Waals surface area contributed by atoms with Crippen LogP contribution in [0.2, 0.25) is 0 Å². The van der Waals surface area contributed by atoms with E-state index in [1.165, 1.54) is 10.6 Å². The van der Waals surface area contributed by atoms with Crippen LogP contribution in [0.3, 0.4) is 0 Å². The smallest absolute Gasteiger partial charge is 0.0798 e. The molecule has 5 heteroatoms. The molecule has 1 N–H and O–H groups in total. The van der Waals surface area contributed by atoms with Crippen molar-refractivity contribution in [3.8, 4) is 0 Å². The fraction of sp³-hybridized carbons (Fsp3) is 0.727. The van der Waals surface area contributed by atoms with Gasteiger partial charge in [0.05, 0.1) is 11.2 Å². The third kappa shape index (κ3) is 2.94. The standard InChI is InChI=1S/C11H19N3S.ClH/c1-8-10(3)14(5-4-12-8)6-11-9(2)13-7-15-11;/h7-8,10,12H,4-6H2,1-3H3;1H. The molecule has 1 saturated heterocycles. The molecule has 1 fully saturated rings. The van der Waals surface area contributed by atoms with Crippen molar-refractivity contribution in [3.63, 3.8) is 0 Å². The van der Waals surface area contributed by atoms with Gasteiger partial charge in [0.25, 0.3) is 0 Å². The van der Waals surface area contributed by atoms with Gasteiger partial charge in [-0.3, -0.25) is 4.90 Å². The Balaban J connectivity index is 0.00000128. The highest BCUT2D eigenvalue weighted by molar-refractivity contribution is 7.09. The summed E-state index contributed by atoms with van der Waals surface area (Å²) < 4.78 is 0. The monoisotopic (exact) mass is 261 g/mol. The summed E-state index contributed by atoms with van der Waals surface area (Å²) >= 11 is 1.77. The van der Waals surface area contributed by atoms with E-state index in [-0.39, 0.29) is 12.4 Å². The Morgan fingerprint density at radius 2 is 2.31 bits per heavy atom. The number of hydrogen-bond acceptors (Lipinski definition) is 4. The first-order valence-electron chi connectivity index (χ1n) is 5.55. The van der Waals surface area contributed by atoms with Crippen LogP contribution in [0.4, 0.5) is 0 Å². The Labute approximate surface area is 108 Å². The van der Waals surface area contributed by atoms with Crippen molar-refractivity contribution in [2.75, 3.05) is 13.1 Å². The van der Waals surface area contributed by atoms with Crippen LogP contribution in [-0.4, -0.2) is 35.1 Å². The molecule has 0 aliphatic carbocycles. The van der Waals surface area contributed by atoms with E-state index in [1.807, 2.05) is 5.51 Å². The summed E-state index contributed by atoms with van der Waals surface area (Å²) in [4.78, 5) is 8.26. The molecule has 0 aromatic carbocycles. The molecule has 1 aliphatic heterocycles. The Bertz CT molecular complexity index is 329. The van der Waals surface area contributed by atoms with E-state index < -0.39 is 0 Å². The highest BCUT2D eigenvalue weighted by Gasteiger charge is 2.24. The van der Waals surface area contributed by atoms with Gasteiger partial charge in [0.15, 0.2) is 0 Å². The van der Waals surface area contributed by atoms with E-state index in [0.29, 0.717) is 12.1 Å². The second-order valence-electron chi connectivity index (χ2n) is 4.31. The third-order valence-electron chi connectivity index (χ3n) is 3.36. The number of nitrogens with zero attached hydrogens (tertiary/aromatic N) is 2. The van der Waals surface area contributed by atoms with Crippen molar-refractivity contribution in [1.82, 2.24) is 15.2 Å². The molecule has 16 heavy (non-hydrogen) atoms. The molecule has 1 aromatic rings. The second kappa shape index (κ2) is 5.96. The molecule has 2 atom stereocenters. The number of rotatable bonds is 2. The first-order chi connectivity index (χ1) is 7.18. The second-order valence-corrected chi connectivity index (χ2v) is 5.25. The van der Waals surface area contributed by atoms with Gasteiger partial charge < -0.3 is 5.32 Å². The van der Waals surface area contributed by atoms with Crippen LogP contribution in [0, 0.1) is 6.92 Å². The normalized spacial score (nSPS) is 26.4. The number of hydrogen-bond donors (Lipinski definition) is 1. The average Bonchev–Trinajstić information content (AvgIpc) is 2.60. The van der Waals surface area contributed by atoms with Gasteiger partial charge in [-0.1, -0.05) is 0 Å². The first-order valence-corrected chi connectivity index (χ1v) is 6.43. The van der Waals surface area contributed by atoms with E-state index >= 15 is 0 Å². The summed E-state index contributed by atoms with van der Waals surface area (Å²) in [5.74, 6) is 0. The molecule has 3 nitrogen and oxygen atoms in total. The minimum atomic E-state index is 0. The van der Waals surface area contributed by atoms with E-state index in [0.717, 1.165) is 19.6 Å². The van der Waals surface area contributed by atoms with Gasteiger partial charge in [-0.05, 0) is 20.8 Å². The molecule has 2 heterocycles. The predicted molar refractivity (Wildman–Crippen MR) is 71.4 cm³/mol. The molecule has 0 bridgehead atoms. The highest BCUT2D eigenvalue weighted by Crippen LogP contribution is 2.18. The fourth-order valence-electron chi connectivity index (χ4n) is 2.01. The van der Waals surface area contributed by atoms with E-state index in [4.69, 9.17) is 0 Å². The topological polar surface area (TPSA) is 28.2 Å². The number of aromatic nitrogens is 1. The number of halogens is 1. The van der Waals surface area contributed by atoms with Crippen LogP contribution < -0.4 is 5.32 Å². The zero-order chi connectivity index (χ0) is 10.8. The molecule has 1 aromatic heterocycles. The van der Waals surface area contributed by atoms with Crippen molar-refractivity contribution in [1.29, 1.82) is 0 Å².